The van der Waals surface area contributed by atoms with Gasteiger partial charge in [0.1, 0.15) is 0 Å². The molecule has 3 aromatic carbocycles. The number of aromatic nitrogens is 1. The first-order valence-electron chi connectivity index (χ1n) is 11.4. The monoisotopic (exact) mass is 521 g/mol. The second kappa shape index (κ2) is 11.5. The zero-order chi connectivity index (χ0) is 25.7. The standard InChI is InChI=1S/C27H27N3O4S2/c1-5-23(26(32)30-27-29-20-11-9-16(2)13-24(20)36-27)35-19-8-6-7-18(15-19)28-25(31)17-10-12-21(33-3)22(14-17)34-4/h6-15,23H,5H2,1-4H3,(H,28,31)(H,29,30,32). The number of nitrogens with zero attached hydrogens (tertiary/aromatic N) is 1. The highest BCUT2D eigenvalue weighted by Gasteiger charge is 2.20. The summed E-state index contributed by atoms with van der Waals surface area (Å²) in [6, 6.07) is 18.5. The van der Waals surface area contributed by atoms with Crippen molar-refractivity contribution >= 4 is 55.9 Å². The molecule has 1 aromatic heterocycles. The van der Waals surface area contributed by atoms with Crippen LogP contribution in [0, 0.1) is 6.92 Å². The molecule has 0 aliphatic heterocycles. The van der Waals surface area contributed by atoms with Crippen molar-refractivity contribution in [3.05, 3.63) is 71.8 Å². The molecule has 0 bridgehead atoms. The predicted molar refractivity (Wildman–Crippen MR) is 147 cm³/mol. The van der Waals surface area contributed by atoms with Crippen LogP contribution in [0.4, 0.5) is 10.8 Å². The summed E-state index contributed by atoms with van der Waals surface area (Å²) in [6.07, 6.45) is 0.642. The highest BCUT2D eigenvalue weighted by atomic mass is 32.2. The van der Waals surface area contributed by atoms with E-state index < -0.39 is 0 Å². The van der Waals surface area contributed by atoms with E-state index in [-0.39, 0.29) is 17.1 Å². The lowest BCUT2D eigenvalue weighted by molar-refractivity contribution is -0.115. The van der Waals surface area contributed by atoms with Crippen LogP contribution < -0.4 is 20.1 Å². The van der Waals surface area contributed by atoms with Gasteiger partial charge in [-0.2, -0.15) is 0 Å². The van der Waals surface area contributed by atoms with Gasteiger partial charge in [0.25, 0.3) is 5.91 Å². The Kier molecular flexibility index (Phi) is 8.12. The molecular weight excluding hydrogens is 494 g/mol. The number of carbonyl (C=O) groups is 2. The fourth-order valence-corrected chi connectivity index (χ4v) is 5.57. The molecule has 1 heterocycles. The van der Waals surface area contributed by atoms with Crippen molar-refractivity contribution < 1.29 is 19.1 Å². The number of thiazole rings is 1. The number of amides is 2. The lowest BCUT2D eigenvalue weighted by atomic mass is 10.2. The molecular formula is C27H27N3O4S2. The van der Waals surface area contributed by atoms with Gasteiger partial charge in [0.2, 0.25) is 5.91 Å². The van der Waals surface area contributed by atoms with Gasteiger partial charge in [-0.15, -0.1) is 11.8 Å². The van der Waals surface area contributed by atoms with Gasteiger partial charge >= 0.3 is 0 Å². The smallest absolute Gasteiger partial charge is 0.255 e. The fourth-order valence-electron chi connectivity index (χ4n) is 3.59. The van der Waals surface area contributed by atoms with E-state index in [4.69, 9.17) is 9.47 Å². The molecule has 4 rings (SSSR count). The molecule has 2 amide bonds. The number of methoxy groups -OCH3 is 2. The van der Waals surface area contributed by atoms with E-state index in [0.29, 0.717) is 34.3 Å². The van der Waals surface area contributed by atoms with Crippen molar-refractivity contribution in [1.29, 1.82) is 0 Å². The highest BCUT2D eigenvalue weighted by molar-refractivity contribution is 8.00. The lowest BCUT2D eigenvalue weighted by Crippen LogP contribution is -2.24. The molecule has 186 valence electrons. The number of carbonyl (C=O) groups excluding carboxylic acids is 2. The first-order chi connectivity index (χ1) is 17.4. The number of rotatable bonds is 9. The quantitative estimate of drug-likeness (QED) is 0.248. The Labute approximate surface area is 218 Å². The molecule has 0 aliphatic carbocycles. The number of ether oxygens (including phenoxy) is 2. The van der Waals surface area contributed by atoms with Crippen LogP contribution in [0.5, 0.6) is 11.5 Å². The molecule has 1 atom stereocenters. The molecule has 1 unspecified atom stereocenters. The van der Waals surface area contributed by atoms with Crippen LogP contribution in [0.3, 0.4) is 0 Å². The van der Waals surface area contributed by atoms with Crippen molar-refractivity contribution in [2.75, 3.05) is 24.9 Å². The zero-order valence-electron chi connectivity index (χ0n) is 20.5. The predicted octanol–water partition coefficient (Wildman–Crippen LogP) is 6.38. The van der Waals surface area contributed by atoms with Crippen LogP contribution in [-0.4, -0.2) is 36.3 Å². The summed E-state index contributed by atoms with van der Waals surface area (Å²) in [7, 11) is 3.07. The normalized spacial score (nSPS) is 11.7. The number of benzene rings is 3. The number of anilines is 2. The van der Waals surface area contributed by atoms with E-state index in [2.05, 4.69) is 21.7 Å². The SMILES string of the molecule is CCC(Sc1cccc(NC(=O)c2ccc(OC)c(OC)c2)c1)C(=O)Nc1nc2ccc(C)cc2s1. The molecule has 4 aromatic rings. The molecule has 0 aliphatic rings. The third-order valence-corrected chi connectivity index (χ3v) is 7.74. The van der Waals surface area contributed by atoms with Crippen molar-refractivity contribution in [3.63, 3.8) is 0 Å². The first kappa shape index (κ1) is 25.5. The number of hydrogen-bond donors (Lipinski definition) is 2. The van der Waals surface area contributed by atoms with E-state index in [1.54, 1.807) is 25.3 Å². The Bertz CT molecular complexity index is 1400. The Hall–Kier alpha value is -3.56. The molecule has 0 saturated carbocycles. The van der Waals surface area contributed by atoms with Crippen LogP contribution in [0.25, 0.3) is 10.2 Å². The zero-order valence-corrected chi connectivity index (χ0v) is 22.1. The number of nitrogens with one attached hydrogen (secondary N) is 2. The Balaban J connectivity index is 1.43. The average Bonchev–Trinajstić information content (AvgIpc) is 3.28. The van der Waals surface area contributed by atoms with Crippen LogP contribution in [0.1, 0.15) is 29.3 Å². The fraction of sp³-hybridized carbons (Fsp3) is 0.222. The molecule has 0 fully saturated rings. The van der Waals surface area contributed by atoms with E-state index in [1.807, 2.05) is 50.2 Å². The third kappa shape index (κ3) is 5.98. The van der Waals surface area contributed by atoms with Crippen LogP contribution in [0.2, 0.25) is 0 Å². The Morgan fingerprint density at radius 3 is 2.56 bits per heavy atom. The number of hydrogen-bond acceptors (Lipinski definition) is 7. The third-order valence-electron chi connectivity index (χ3n) is 5.45. The van der Waals surface area contributed by atoms with E-state index in [9.17, 15) is 9.59 Å². The number of fused-ring (bicyclic) bond motifs is 1. The molecule has 2 N–H and O–H groups in total. The van der Waals surface area contributed by atoms with E-state index in [1.165, 1.54) is 30.2 Å². The summed E-state index contributed by atoms with van der Waals surface area (Å²) in [6.45, 7) is 4.01. The molecule has 36 heavy (non-hydrogen) atoms. The van der Waals surface area contributed by atoms with Gasteiger partial charge in [-0.1, -0.05) is 30.4 Å². The maximum absolute atomic E-state index is 13.0. The Morgan fingerprint density at radius 1 is 1.00 bits per heavy atom. The topological polar surface area (TPSA) is 89.5 Å². The van der Waals surface area contributed by atoms with E-state index >= 15 is 0 Å². The largest absolute Gasteiger partial charge is 0.493 e. The Morgan fingerprint density at radius 2 is 1.81 bits per heavy atom. The second-order valence-electron chi connectivity index (χ2n) is 8.05. The van der Waals surface area contributed by atoms with Crippen molar-refractivity contribution in [2.45, 2.75) is 30.4 Å². The van der Waals surface area contributed by atoms with Crippen LogP contribution in [-0.2, 0) is 4.79 Å². The summed E-state index contributed by atoms with van der Waals surface area (Å²) in [4.78, 5) is 31.2. The van der Waals surface area contributed by atoms with Crippen LogP contribution >= 0.6 is 23.1 Å². The first-order valence-corrected chi connectivity index (χ1v) is 13.1. The van der Waals surface area contributed by atoms with E-state index in [0.717, 1.165) is 20.7 Å². The van der Waals surface area contributed by atoms with Crippen molar-refractivity contribution in [3.8, 4) is 11.5 Å². The summed E-state index contributed by atoms with van der Waals surface area (Å²) in [5, 5.41) is 6.16. The van der Waals surface area contributed by atoms with Crippen molar-refractivity contribution in [1.82, 2.24) is 4.98 Å². The van der Waals surface area contributed by atoms with Gasteiger partial charge in [0, 0.05) is 16.1 Å². The summed E-state index contributed by atoms with van der Waals surface area (Å²) in [5.74, 6) is 0.666. The van der Waals surface area contributed by atoms with Gasteiger partial charge in [-0.3, -0.25) is 9.59 Å². The van der Waals surface area contributed by atoms with Gasteiger partial charge in [0.05, 0.1) is 29.7 Å². The second-order valence-corrected chi connectivity index (χ2v) is 10.4. The molecule has 7 nitrogen and oxygen atoms in total. The maximum atomic E-state index is 13.0. The lowest BCUT2D eigenvalue weighted by Gasteiger charge is -2.14. The minimum Gasteiger partial charge on any atom is -0.493 e. The molecule has 0 radical (unpaired) electrons. The summed E-state index contributed by atoms with van der Waals surface area (Å²) in [5.41, 5.74) is 3.11. The molecule has 0 saturated heterocycles. The minimum atomic E-state index is -0.310. The molecule has 9 heteroatoms. The van der Waals surface area contributed by atoms with Gasteiger partial charge in [0.15, 0.2) is 16.6 Å². The van der Waals surface area contributed by atoms with Gasteiger partial charge < -0.3 is 20.1 Å². The minimum absolute atomic E-state index is 0.0990. The average molecular weight is 522 g/mol. The molecule has 0 spiro atoms. The highest BCUT2D eigenvalue weighted by Crippen LogP contribution is 2.32. The van der Waals surface area contributed by atoms with Gasteiger partial charge in [-0.25, -0.2) is 4.98 Å². The number of thioether (sulfide) groups is 1. The van der Waals surface area contributed by atoms with Gasteiger partial charge in [-0.05, 0) is 67.4 Å². The summed E-state index contributed by atoms with van der Waals surface area (Å²) < 4.78 is 11.6. The maximum Gasteiger partial charge on any atom is 0.255 e. The number of aryl methyl sites for hydroxylation is 1. The van der Waals surface area contributed by atoms with Crippen LogP contribution in [0.15, 0.2) is 65.6 Å². The van der Waals surface area contributed by atoms with Crippen molar-refractivity contribution in [2.24, 2.45) is 0 Å². The summed E-state index contributed by atoms with van der Waals surface area (Å²) >= 11 is 2.92.